The van der Waals surface area contributed by atoms with E-state index in [2.05, 4.69) is 5.32 Å². The van der Waals surface area contributed by atoms with Gasteiger partial charge in [-0.05, 0) is 68.6 Å². The van der Waals surface area contributed by atoms with Crippen LogP contribution in [0, 0.1) is 23.7 Å². The monoisotopic (exact) mass is 307 g/mol. The zero-order valence-electron chi connectivity index (χ0n) is 13.5. The largest absolute Gasteiger partial charge is 0.378 e. The first-order chi connectivity index (χ1) is 10.8. The molecule has 4 saturated carbocycles. The predicted octanol–water partition coefficient (Wildman–Crippen LogP) is 2.51. The normalized spacial score (nSPS) is 42.7. The second-order valence-electron chi connectivity index (χ2n) is 7.98. The summed E-state index contributed by atoms with van der Waals surface area (Å²) >= 11 is 0. The summed E-state index contributed by atoms with van der Waals surface area (Å²) in [6, 6.07) is 0.457. The van der Waals surface area contributed by atoms with Gasteiger partial charge in [0.15, 0.2) is 0 Å². The number of nitrogens with one attached hydrogen (secondary N) is 1. The Kier molecular flexibility index (Phi) is 4.40. The molecule has 1 amide bonds. The summed E-state index contributed by atoms with van der Waals surface area (Å²) in [6.07, 6.45) is 9.87. The molecular formula is C18H29NO3. The van der Waals surface area contributed by atoms with E-state index in [0.29, 0.717) is 25.7 Å². The third-order valence-corrected chi connectivity index (χ3v) is 6.36. The third-order valence-electron chi connectivity index (χ3n) is 6.36. The van der Waals surface area contributed by atoms with Gasteiger partial charge in [-0.2, -0.15) is 0 Å². The van der Waals surface area contributed by atoms with E-state index >= 15 is 0 Å². The fourth-order valence-corrected chi connectivity index (χ4v) is 5.57. The Morgan fingerprint density at radius 2 is 1.82 bits per heavy atom. The summed E-state index contributed by atoms with van der Waals surface area (Å²) in [5.74, 6) is 3.63. The van der Waals surface area contributed by atoms with Crippen molar-refractivity contribution in [2.75, 3.05) is 19.8 Å². The number of rotatable bonds is 6. The first-order valence-electron chi connectivity index (χ1n) is 9.26. The van der Waals surface area contributed by atoms with Gasteiger partial charge in [-0.15, -0.1) is 0 Å². The van der Waals surface area contributed by atoms with Gasteiger partial charge in [0.2, 0.25) is 5.91 Å². The SMILES string of the molecule is O=C(CCOCC1CCCO1)NC1C2CC3CC(C2)CC1C3. The maximum absolute atomic E-state index is 12.2. The van der Waals surface area contributed by atoms with E-state index in [1.807, 2.05) is 0 Å². The quantitative estimate of drug-likeness (QED) is 0.767. The van der Waals surface area contributed by atoms with E-state index in [0.717, 1.165) is 43.1 Å². The molecule has 0 spiro atoms. The van der Waals surface area contributed by atoms with Gasteiger partial charge in [-0.3, -0.25) is 4.79 Å². The Morgan fingerprint density at radius 1 is 1.09 bits per heavy atom. The molecule has 4 bridgehead atoms. The van der Waals surface area contributed by atoms with Crippen LogP contribution in [0.15, 0.2) is 0 Å². The lowest BCUT2D eigenvalue weighted by Crippen LogP contribution is -2.55. The summed E-state index contributed by atoms with van der Waals surface area (Å²) in [4.78, 5) is 12.2. The summed E-state index contributed by atoms with van der Waals surface area (Å²) in [6.45, 7) is 2.03. The lowest BCUT2D eigenvalue weighted by atomic mass is 9.54. The van der Waals surface area contributed by atoms with Crippen LogP contribution in [0.3, 0.4) is 0 Å². The molecule has 1 unspecified atom stereocenters. The first-order valence-corrected chi connectivity index (χ1v) is 9.26. The van der Waals surface area contributed by atoms with Gasteiger partial charge in [-0.1, -0.05) is 0 Å². The highest BCUT2D eigenvalue weighted by Crippen LogP contribution is 2.53. The summed E-state index contributed by atoms with van der Waals surface area (Å²) in [7, 11) is 0. The van der Waals surface area contributed by atoms with Crippen LogP contribution >= 0.6 is 0 Å². The number of hydrogen-bond acceptors (Lipinski definition) is 3. The minimum absolute atomic E-state index is 0.185. The van der Waals surface area contributed by atoms with Crippen molar-refractivity contribution in [2.24, 2.45) is 23.7 Å². The van der Waals surface area contributed by atoms with Crippen LogP contribution in [0.4, 0.5) is 0 Å². The number of hydrogen-bond donors (Lipinski definition) is 1. The van der Waals surface area contributed by atoms with Crippen LogP contribution in [-0.4, -0.2) is 37.9 Å². The topological polar surface area (TPSA) is 47.6 Å². The van der Waals surface area contributed by atoms with E-state index in [1.54, 1.807) is 0 Å². The highest BCUT2D eigenvalue weighted by atomic mass is 16.5. The molecule has 1 atom stereocenters. The van der Waals surface area contributed by atoms with Gasteiger partial charge in [0.1, 0.15) is 0 Å². The van der Waals surface area contributed by atoms with E-state index < -0.39 is 0 Å². The van der Waals surface area contributed by atoms with Crippen LogP contribution < -0.4 is 5.32 Å². The zero-order chi connectivity index (χ0) is 14.9. The molecule has 0 aromatic heterocycles. The van der Waals surface area contributed by atoms with Crippen LogP contribution in [0.5, 0.6) is 0 Å². The van der Waals surface area contributed by atoms with Gasteiger partial charge in [0, 0.05) is 19.1 Å². The molecular weight excluding hydrogens is 278 g/mol. The molecule has 22 heavy (non-hydrogen) atoms. The Morgan fingerprint density at radius 3 is 2.45 bits per heavy atom. The van der Waals surface area contributed by atoms with Crippen molar-refractivity contribution in [3.8, 4) is 0 Å². The van der Waals surface area contributed by atoms with Gasteiger partial charge in [-0.25, -0.2) is 0 Å². The van der Waals surface area contributed by atoms with Crippen molar-refractivity contribution in [3.05, 3.63) is 0 Å². The van der Waals surface area contributed by atoms with Crippen molar-refractivity contribution in [3.63, 3.8) is 0 Å². The standard InChI is InChI=1S/C18H29NO3/c20-17(3-5-21-11-16-2-1-4-22-16)19-18-14-7-12-6-13(9-14)10-15(18)8-12/h12-16,18H,1-11H2,(H,19,20). The molecule has 5 rings (SSSR count). The molecule has 1 saturated heterocycles. The van der Waals surface area contributed by atoms with E-state index in [-0.39, 0.29) is 12.0 Å². The second-order valence-corrected chi connectivity index (χ2v) is 7.98. The molecule has 0 aromatic carbocycles. The van der Waals surface area contributed by atoms with E-state index in [9.17, 15) is 4.79 Å². The molecule has 5 aliphatic rings. The Hall–Kier alpha value is -0.610. The molecule has 0 aromatic rings. The van der Waals surface area contributed by atoms with Gasteiger partial charge in [0.05, 0.1) is 19.3 Å². The molecule has 1 heterocycles. The molecule has 124 valence electrons. The number of amides is 1. The Balaban J connectivity index is 1.18. The van der Waals surface area contributed by atoms with Crippen molar-refractivity contribution < 1.29 is 14.3 Å². The van der Waals surface area contributed by atoms with E-state index in [1.165, 1.54) is 32.1 Å². The summed E-state index contributed by atoms with van der Waals surface area (Å²) < 4.78 is 11.1. The number of ether oxygens (including phenoxy) is 2. The number of carbonyl (C=O) groups excluding carboxylic acids is 1. The Bertz CT molecular complexity index is 377. The molecule has 4 heteroatoms. The molecule has 4 nitrogen and oxygen atoms in total. The van der Waals surface area contributed by atoms with Crippen molar-refractivity contribution in [1.29, 1.82) is 0 Å². The van der Waals surface area contributed by atoms with Crippen molar-refractivity contribution >= 4 is 5.91 Å². The molecule has 5 fully saturated rings. The average Bonchev–Trinajstić information content (AvgIpc) is 3.00. The van der Waals surface area contributed by atoms with Gasteiger partial charge >= 0.3 is 0 Å². The maximum Gasteiger partial charge on any atom is 0.222 e. The van der Waals surface area contributed by atoms with Gasteiger partial charge in [0.25, 0.3) is 0 Å². The van der Waals surface area contributed by atoms with Crippen LogP contribution in [0.2, 0.25) is 0 Å². The van der Waals surface area contributed by atoms with Crippen LogP contribution in [0.1, 0.15) is 51.4 Å². The highest BCUT2D eigenvalue weighted by molar-refractivity contribution is 5.76. The number of carbonyl (C=O) groups is 1. The van der Waals surface area contributed by atoms with Crippen molar-refractivity contribution in [1.82, 2.24) is 5.32 Å². The Labute approximate surface area is 133 Å². The first kappa shape index (κ1) is 14.9. The minimum atomic E-state index is 0.185. The van der Waals surface area contributed by atoms with Gasteiger partial charge < -0.3 is 14.8 Å². The van der Waals surface area contributed by atoms with E-state index in [4.69, 9.17) is 9.47 Å². The maximum atomic E-state index is 12.2. The molecule has 4 aliphatic carbocycles. The van der Waals surface area contributed by atoms with Crippen molar-refractivity contribution in [2.45, 2.75) is 63.5 Å². The lowest BCUT2D eigenvalue weighted by Gasteiger charge is -2.54. The average molecular weight is 307 g/mol. The molecule has 1 aliphatic heterocycles. The highest BCUT2D eigenvalue weighted by Gasteiger charge is 2.48. The van der Waals surface area contributed by atoms with Crippen LogP contribution in [0.25, 0.3) is 0 Å². The minimum Gasteiger partial charge on any atom is -0.378 e. The lowest BCUT2D eigenvalue weighted by molar-refractivity contribution is -0.126. The third kappa shape index (κ3) is 3.18. The molecule has 0 radical (unpaired) electrons. The van der Waals surface area contributed by atoms with Crippen LogP contribution in [-0.2, 0) is 14.3 Å². The second kappa shape index (κ2) is 6.48. The summed E-state index contributed by atoms with van der Waals surface area (Å²) in [5, 5.41) is 3.34. The fraction of sp³-hybridized carbons (Fsp3) is 0.944. The fourth-order valence-electron chi connectivity index (χ4n) is 5.57. The summed E-state index contributed by atoms with van der Waals surface area (Å²) in [5.41, 5.74) is 0. The molecule has 1 N–H and O–H groups in total. The zero-order valence-corrected chi connectivity index (χ0v) is 13.5. The predicted molar refractivity (Wildman–Crippen MR) is 83.4 cm³/mol. The smallest absolute Gasteiger partial charge is 0.222 e.